The fraction of sp³-hybridized carbons (Fsp3) is 0.333. The Hall–Kier alpha value is -2.80. The third-order valence-electron chi connectivity index (χ3n) is 4.23. The Morgan fingerprint density at radius 1 is 1.16 bits per heavy atom. The quantitative estimate of drug-likeness (QED) is 0.893. The van der Waals surface area contributed by atoms with Crippen molar-refractivity contribution in [1.82, 2.24) is 9.80 Å². The van der Waals surface area contributed by atoms with Crippen LogP contribution in [0.4, 0.5) is 10.5 Å². The maximum Gasteiger partial charge on any atom is 0.321 e. The number of furan rings is 1. The average Bonchev–Trinajstić information content (AvgIpc) is 3.10. The molecule has 1 aliphatic heterocycles. The Labute approximate surface area is 146 Å². The maximum absolute atomic E-state index is 12.4. The molecule has 1 saturated heterocycles. The summed E-state index contributed by atoms with van der Waals surface area (Å²) in [5.41, 5.74) is 7.86. The molecule has 0 bridgehead atoms. The fourth-order valence-electron chi connectivity index (χ4n) is 2.82. The fourth-order valence-corrected chi connectivity index (χ4v) is 2.82. The number of nitrogens with zero attached hydrogens (tertiary/aromatic N) is 2. The Morgan fingerprint density at radius 2 is 1.88 bits per heavy atom. The van der Waals surface area contributed by atoms with Crippen molar-refractivity contribution in [2.45, 2.75) is 13.5 Å². The summed E-state index contributed by atoms with van der Waals surface area (Å²) < 4.78 is 5.21. The minimum Gasteiger partial charge on any atom is -0.467 e. The number of benzene rings is 1. The third kappa shape index (κ3) is 4.00. The van der Waals surface area contributed by atoms with Gasteiger partial charge in [0.15, 0.2) is 0 Å². The number of aryl methyl sites for hydroxylation is 1. The van der Waals surface area contributed by atoms with Gasteiger partial charge in [0.05, 0.1) is 12.1 Å². The molecule has 3 amide bonds. The molecule has 132 valence electrons. The van der Waals surface area contributed by atoms with Crippen molar-refractivity contribution in [3.63, 3.8) is 0 Å². The minimum absolute atomic E-state index is 0.0952. The van der Waals surface area contributed by atoms with E-state index in [4.69, 9.17) is 10.2 Å². The first kappa shape index (κ1) is 17.0. The number of hydrogen-bond acceptors (Lipinski definition) is 4. The second-order valence-electron chi connectivity index (χ2n) is 6.08. The van der Waals surface area contributed by atoms with Gasteiger partial charge in [0.2, 0.25) is 0 Å². The van der Waals surface area contributed by atoms with Gasteiger partial charge < -0.3 is 25.3 Å². The minimum atomic E-state index is -0.147. The maximum atomic E-state index is 12.4. The third-order valence-corrected chi connectivity index (χ3v) is 4.23. The summed E-state index contributed by atoms with van der Waals surface area (Å²) in [6.45, 7) is 4.20. The zero-order chi connectivity index (χ0) is 17.8. The Kier molecular flexibility index (Phi) is 5.04. The number of rotatable bonds is 3. The molecule has 1 fully saturated rings. The molecule has 0 radical (unpaired) electrons. The molecule has 25 heavy (non-hydrogen) atoms. The van der Waals surface area contributed by atoms with Crippen molar-refractivity contribution >= 4 is 17.6 Å². The highest BCUT2D eigenvalue weighted by Gasteiger charge is 2.25. The van der Waals surface area contributed by atoms with Crippen LogP contribution in [0.15, 0.2) is 41.0 Å². The molecule has 2 heterocycles. The highest BCUT2D eigenvalue weighted by Crippen LogP contribution is 2.14. The summed E-state index contributed by atoms with van der Waals surface area (Å²) in [6.07, 6.45) is 1.43. The molecule has 7 nitrogen and oxygen atoms in total. The molecular formula is C18H22N4O3. The number of carbonyl (C=O) groups excluding carboxylic acids is 2. The van der Waals surface area contributed by atoms with E-state index in [1.807, 2.05) is 31.2 Å². The van der Waals surface area contributed by atoms with Gasteiger partial charge in [0.1, 0.15) is 12.0 Å². The topological polar surface area (TPSA) is 91.8 Å². The Morgan fingerprint density at radius 3 is 2.52 bits per heavy atom. The lowest BCUT2D eigenvalue weighted by Crippen LogP contribution is -2.51. The highest BCUT2D eigenvalue weighted by molar-refractivity contribution is 5.94. The Bertz CT molecular complexity index is 763. The van der Waals surface area contributed by atoms with Crippen LogP contribution < -0.4 is 11.1 Å². The molecule has 2 aromatic rings. The summed E-state index contributed by atoms with van der Waals surface area (Å²) in [5.74, 6) is 0.488. The van der Waals surface area contributed by atoms with Crippen LogP contribution in [-0.2, 0) is 6.54 Å². The molecule has 1 aromatic carbocycles. The van der Waals surface area contributed by atoms with E-state index in [0.717, 1.165) is 11.3 Å². The molecule has 3 rings (SSSR count). The number of hydrogen-bond donors (Lipinski definition) is 2. The van der Waals surface area contributed by atoms with E-state index in [1.165, 1.54) is 6.26 Å². The van der Waals surface area contributed by atoms with Crippen molar-refractivity contribution in [3.05, 3.63) is 53.5 Å². The van der Waals surface area contributed by atoms with Crippen LogP contribution in [0, 0.1) is 6.92 Å². The van der Waals surface area contributed by atoms with E-state index in [0.29, 0.717) is 37.5 Å². The van der Waals surface area contributed by atoms with E-state index in [2.05, 4.69) is 5.32 Å². The number of urea groups is 1. The predicted octanol–water partition coefficient (Wildman–Crippen LogP) is 2.04. The zero-order valence-corrected chi connectivity index (χ0v) is 14.2. The van der Waals surface area contributed by atoms with Crippen molar-refractivity contribution in [1.29, 1.82) is 0 Å². The number of anilines is 1. The second kappa shape index (κ2) is 7.40. The standard InChI is InChI=1S/C18H22N4O3/c1-13-3-2-4-15(9-13)20-18(24)22-7-5-21(6-8-22)17(23)14-10-16(11-19)25-12-14/h2-4,9-10,12H,5-8,11,19H2,1H3,(H,20,24). The highest BCUT2D eigenvalue weighted by atomic mass is 16.3. The molecule has 7 heteroatoms. The van der Waals surface area contributed by atoms with Gasteiger partial charge in [-0.1, -0.05) is 12.1 Å². The number of piperazine rings is 1. The van der Waals surface area contributed by atoms with Crippen LogP contribution in [-0.4, -0.2) is 47.9 Å². The number of nitrogens with one attached hydrogen (secondary N) is 1. The largest absolute Gasteiger partial charge is 0.467 e. The molecule has 0 aliphatic carbocycles. The lowest BCUT2D eigenvalue weighted by Gasteiger charge is -2.34. The lowest BCUT2D eigenvalue weighted by atomic mass is 10.2. The van der Waals surface area contributed by atoms with Gasteiger partial charge in [0, 0.05) is 31.9 Å². The van der Waals surface area contributed by atoms with Crippen molar-refractivity contribution in [3.8, 4) is 0 Å². The van der Waals surface area contributed by atoms with Gasteiger partial charge in [-0.15, -0.1) is 0 Å². The number of nitrogens with two attached hydrogens (primary N) is 1. The van der Waals surface area contributed by atoms with E-state index < -0.39 is 0 Å². The number of amides is 3. The van der Waals surface area contributed by atoms with Crippen molar-refractivity contribution in [2.24, 2.45) is 5.73 Å². The van der Waals surface area contributed by atoms with Gasteiger partial charge in [-0.05, 0) is 30.7 Å². The van der Waals surface area contributed by atoms with Crippen LogP contribution >= 0.6 is 0 Å². The molecular weight excluding hydrogens is 320 g/mol. The van der Waals surface area contributed by atoms with Crippen LogP contribution in [0.3, 0.4) is 0 Å². The molecule has 0 saturated carbocycles. The molecule has 0 atom stereocenters. The van der Waals surface area contributed by atoms with Gasteiger partial charge in [-0.25, -0.2) is 4.79 Å². The first-order chi connectivity index (χ1) is 12.1. The summed E-state index contributed by atoms with van der Waals surface area (Å²) in [5, 5.41) is 2.89. The van der Waals surface area contributed by atoms with Gasteiger partial charge in [-0.3, -0.25) is 4.79 Å². The predicted molar refractivity (Wildman–Crippen MR) is 94.3 cm³/mol. The monoisotopic (exact) mass is 342 g/mol. The summed E-state index contributed by atoms with van der Waals surface area (Å²) >= 11 is 0. The zero-order valence-electron chi connectivity index (χ0n) is 14.2. The molecule has 1 aromatic heterocycles. The Balaban J connectivity index is 1.54. The summed E-state index contributed by atoms with van der Waals surface area (Å²) in [7, 11) is 0. The van der Waals surface area contributed by atoms with E-state index in [9.17, 15) is 9.59 Å². The van der Waals surface area contributed by atoms with E-state index in [1.54, 1.807) is 15.9 Å². The lowest BCUT2D eigenvalue weighted by molar-refractivity contribution is 0.0671. The molecule has 0 unspecified atom stereocenters. The van der Waals surface area contributed by atoms with Crippen molar-refractivity contribution < 1.29 is 14.0 Å². The van der Waals surface area contributed by atoms with Crippen molar-refractivity contribution in [2.75, 3.05) is 31.5 Å². The van der Waals surface area contributed by atoms with Crippen LogP contribution in [0.2, 0.25) is 0 Å². The van der Waals surface area contributed by atoms with Crippen LogP contribution in [0.5, 0.6) is 0 Å². The van der Waals surface area contributed by atoms with E-state index >= 15 is 0 Å². The van der Waals surface area contributed by atoms with Gasteiger partial charge in [-0.2, -0.15) is 0 Å². The summed E-state index contributed by atoms with van der Waals surface area (Å²) in [4.78, 5) is 28.2. The van der Waals surface area contributed by atoms with E-state index in [-0.39, 0.29) is 18.5 Å². The average molecular weight is 342 g/mol. The van der Waals surface area contributed by atoms with Gasteiger partial charge >= 0.3 is 6.03 Å². The first-order valence-electron chi connectivity index (χ1n) is 8.26. The SMILES string of the molecule is Cc1cccc(NC(=O)N2CCN(C(=O)c3coc(CN)c3)CC2)c1. The normalized spacial score (nSPS) is 14.5. The second-order valence-corrected chi connectivity index (χ2v) is 6.08. The molecule has 0 spiro atoms. The van der Waals surface area contributed by atoms with Gasteiger partial charge in [0.25, 0.3) is 5.91 Å². The molecule has 3 N–H and O–H groups in total. The first-order valence-corrected chi connectivity index (χ1v) is 8.26. The van der Waals surface area contributed by atoms with Crippen LogP contribution in [0.1, 0.15) is 21.7 Å². The van der Waals surface area contributed by atoms with Crippen LogP contribution in [0.25, 0.3) is 0 Å². The molecule has 1 aliphatic rings. The summed E-state index contributed by atoms with van der Waals surface area (Å²) in [6, 6.07) is 9.18. The smallest absolute Gasteiger partial charge is 0.321 e. The number of carbonyl (C=O) groups is 2.